The van der Waals surface area contributed by atoms with E-state index in [2.05, 4.69) is 20.8 Å². The van der Waals surface area contributed by atoms with Crippen LogP contribution in [0.4, 0.5) is 0 Å². The molecule has 0 aromatic carbocycles. The van der Waals surface area contributed by atoms with Crippen molar-refractivity contribution in [2.24, 2.45) is 11.8 Å². The van der Waals surface area contributed by atoms with E-state index in [-0.39, 0.29) is 5.92 Å². The molecule has 0 heterocycles. The Hall–Kier alpha value is -0.330. The monoisotopic (exact) mass is 256 g/mol. The standard InChI is InChI=1S/C7H16.C6H12.C4H8O/c1-4-5-6-7(2)3;1-2-4-6-5-3-1;1-4(2)3-5/h7H,4-6H2,1-3H3;1-6H2;3-4H,1-2H3. The molecule has 0 N–H and O–H groups in total. The molecule has 1 heteroatoms. The van der Waals surface area contributed by atoms with E-state index >= 15 is 0 Å². The van der Waals surface area contributed by atoms with Gasteiger partial charge in [-0.1, -0.05) is 92.4 Å². The predicted molar refractivity (Wildman–Crippen MR) is 83.0 cm³/mol. The first-order valence-electron chi connectivity index (χ1n) is 7.99. The van der Waals surface area contributed by atoms with Gasteiger partial charge in [0.2, 0.25) is 0 Å². The lowest BCUT2D eigenvalue weighted by molar-refractivity contribution is -0.110. The average molecular weight is 256 g/mol. The largest absolute Gasteiger partial charge is 0.303 e. The SMILES string of the molecule is C1CCCCC1.CC(C)C=O.CCCCC(C)C. The molecule has 0 spiro atoms. The fourth-order valence-electron chi connectivity index (χ4n) is 1.67. The van der Waals surface area contributed by atoms with Crippen LogP contribution in [0.25, 0.3) is 0 Å². The van der Waals surface area contributed by atoms with Crippen LogP contribution in [-0.4, -0.2) is 6.29 Å². The molecule has 1 nitrogen and oxygen atoms in total. The smallest absolute Gasteiger partial charge is 0.122 e. The Bertz CT molecular complexity index is 134. The van der Waals surface area contributed by atoms with Gasteiger partial charge < -0.3 is 4.79 Å². The fourth-order valence-corrected chi connectivity index (χ4v) is 1.67. The zero-order valence-electron chi connectivity index (χ0n) is 13.5. The summed E-state index contributed by atoms with van der Waals surface area (Å²) in [4.78, 5) is 9.50. The number of hydrogen-bond donors (Lipinski definition) is 0. The van der Waals surface area contributed by atoms with Crippen LogP contribution in [0.15, 0.2) is 0 Å². The van der Waals surface area contributed by atoms with E-state index in [0.29, 0.717) is 0 Å². The van der Waals surface area contributed by atoms with E-state index in [0.717, 1.165) is 12.2 Å². The van der Waals surface area contributed by atoms with Crippen molar-refractivity contribution in [1.82, 2.24) is 0 Å². The summed E-state index contributed by atoms with van der Waals surface area (Å²) in [5.74, 6) is 1.11. The fraction of sp³-hybridized carbons (Fsp3) is 0.941. The van der Waals surface area contributed by atoms with Gasteiger partial charge in [0, 0.05) is 5.92 Å². The molecule has 0 unspecified atom stereocenters. The summed E-state index contributed by atoms with van der Waals surface area (Å²) in [5, 5.41) is 0. The Balaban J connectivity index is 0. The molecular formula is C17H36O. The lowest BCUT2D eigenvalue weighted by Gasteiger charge is -2.05. The number of rotatable bonds is 4. The maximum absolute atomic E-state index is 9.50. The normalized spacial score (nSPS) is 14.4. The predicted octanol–water partition coefficient (Wildman–Crippen LogP) is 6.01. The zero-order chi connectivity index (χ0) is 14.2. The molecule has 1 saturated carbocycles. The number of aldehydes is 1. The third-order valence-electron chi connectivity index (χ3n) is 2.91. The summed E-state index contributed by atoms with van der Waals surface area (Å²) < 4.78 is 0. The average Bonchev–Trinajstić information content (AvgIpc) is 2.39. The van der Waals surface area contributed by atoms with Crippen molar-refractivity contribution in [2.75, 3.05) is 0 Å². The van der Waals surface area contributed by atoms with Gasteiger partial charge >= 0.3 is 0 Å². The van der Waals surface area contributed by atoms with Crippen molar-refractivity contribution >= 4 is 6.29 Å². The van der Waals surface area contributed by atoms with Crippen LogP contribution in [0.3, 0.4) is 0 Å². The highest BCUT2D eigenvalue weighted by Gasteiger charge is 1.95. The molecule has 1 aliphatic rings. The van der Waals surface area contributed by atoms with Crippen LogP contribution >= 0.6 is 0 Å². The minimum Gasteiger partial charge on any atom is -0.303 e. The van der Waals surface area contributed by atoms with E-state index < -0.39 is 0 Å². The minimum absolute atomic E-state index is 0.204. The Morgan fingerprint density at radius 1 is 0.889 bits per heavy atom. The Morgan fingerprint density at radius 3 is 1.33 bits per heavy atom. The molecule has 18 heavy (non-hydrogen) atoms. The van der Waals surface area contributed by atoms with Crippen molar-refractivity contribution in [2.45, 2.75) is 92.4 Å². The summed E-state index contributed by atoms with van der Waals surface area (Å²) in [6.45, 7) is 10.5. The lowest BCUT2D eigenvalue weighted by atomic mass is 10.0. The molecule has 1 rings (SSSR count). The topological polar surface area (TPSA) is 17.1 Å². The molecule has 110 valence electrons. The highest BCUT2D eigenvalue weighted by atomic mass is 16.1. The zero-order valence-corrected chi connectivity index (χ0v) is 13.5. The second-order valence-electron chi connectivity index (χ2n) is 6.04. The third-order valence-corrected chi connectivity index (χ3v) is 2.91. The van der Waals surface area contributed by atoms with Crippen molar-refractivity contribution in [3.8, 4) is 0 Å². The lowest BCUT2D eigenvalue weighted by Crippen LogP contribution is -1.85. The summed E-state index contributed by atoms with van der Waals surface area (Å²) in [6, 6.07) is 0. The summed E-state index contributed by atoms with van der Waals surface area (Å²) in [6.07, 6.45) is 14.1. The molecule has 0 radical (unpaired) electrons. The minimum atomic E-state index is 0.204. The van der Waals surface area contributed by atoms with Crippen LogP contribution in [-0.2, 0) is 4.79 Å². The summed E-state index contributed by atoms with van der Waals surface area (Å²) in [7, 11) is 0. The second kappa shape index (κ2) is 16.7. The quantitative estimate of drug-likeness (QED) is 0.562. The molecule has 0 saturated heterocycles. The Morgan fingerprint density at radius 2 is 1.22 bits per heavy atom. The van der Waals surface area contributed by atoms with E-state index in [9.17, 15) is 4.79 Å². The molecule has 0 amide bonds. The third kappa shape index (κ3) is 24.8. The molecule has 0 aromatic rings. The Labute approximate surface area is 116 Å². The first-order valence-corrected chi connectivity index (χ1v) is 7.99. The van der Waals surface area contributed by atoms with Gasteiger partial charge in [-0.05, 0) is 5.92 Å². The number of carbonyl (C=O) groups is 1. The van der Waals surface area contributed by atoms with E-state index in [4.69, 9.17) is 0 Å². The van der Waals surface area contributed by atoms with Crippen LogP contribution in [0.2, 0.25) is 0 Å². The Kier molecular flexibility index (Phi) is 18.5. The number of hydrogen-bond acceptors (Lipinski definition) is 1. The van der Waals surface area contributed by atoms with Crippen molar-refractivity contribution in [1.29, 1.82) is 0 Å². The van der Waals surface area contributed by atoms with Gasteiger partial charge in [-0.3, -0.25) is 0 Å². The highest BCUT2D eigenvalue weighted by Crippen LogP contribution is 2.15. The van der Waals surface area contributed by atoms with Gasteiger partial charge in [-0.2, -0.15) is 0 Å². The van der Waals surface area contributed by atoms with Gasteiger partial charge in [0.1, 0.15) is 6.29 Å². The summed E-state index contributed by atoms with van der Waals surface area (Å²) >= 11 is 0. The molecule has 0 aromatic heterocycles. The van der Waals surface area contributed by atoms with E-state index in [1.807, 2.05) is 13.8 Å². The number of unbranched alkanes of at least 4 members (excludes halogenated alkanes) is 1. The van der Waals surface area contributed by atoms with Gasteiger partial charge in [0.25, 0.3) is 0 Å². The molecule has 1 fully saturated rings. The van der Waals surface area contributed by atoms with Crippen molar-refractivity contribution in [3.63, 3.8) is 0 Å². The maximum atomic E-state index is 9.50. The van der Waals surface area contributed by atoms with Crippen LogP contribution in [0, 0.1) is 11.8 Å². The maximum Gasteiger partial charge on any atom is 0.122 e. The van der Waals surface area contributed by atoms with Crippen LogP contribution in [0.1, 0.15) is 92.4 Å². The first kappa shape index (κ1) is 20.0. The van der Waals surface area contributed by atoms with Crippen molar-refractivity contribution in [3.05, 3.63) is 0 Å². The molecule has 1 aliphatic carbocycles. The van der Waals surface area contributed by atoms with E-state index in [1.165, 1.54) is 57.8 Å². The summed E-state index contributed by atoms with van der Waals surface area (Å²) in [5.41, 5.74) is 0. The van der Waals surface area contributed by atoms with Crippen LogP contribution in [0.5, 0.6) is 0 Å². The van der Waals surface area contributed by atoms with Gasteiger partial charge in [0.05, 0.1) is 0 Å². The number of carbonyl (C=O) groups excluding carboxylic acids is 1. The van der Waals surface area contributed by atoms with E-state index in [1.54, 1.807) is 0 Å². The van der Waals surface area contributed by atoms with Gasteiger partial charge in [-0.15, -0.1) is 0 Å². The molecular weight excluding hydrogens is 220 g/mol. The molecule has 0 aliphatic heterocycles. The molecule has 0 atom stereocenters. The first-order chi connectivity index (χ1) is 8.54. The molecule has 0 bridgehead atoms. The second-order valence-corrected chi connectivity index (χ2v) is 6.04. The van der Waals surface area contributed by atoms with Gasteiger partial charge in [-0.25, -0.2) is 0 Å². The van der Waals surface area contributed by atoms with Crippen molar-refractivity contribution < 1.29 is 4.79 Å². The van der Waals surface area contributed by atoms with Gasteiger partial charge in [0.15, 0.2) is 0 Å². The van der Waals surface area contributed by atoms with Crippen LogP contribution < -0.4 is 0 Å². The highest BCUT2D eigenvalue weighted by molar-refractivity contribution is 5.51.